The molecule has 0 saturated heterocycles. The molecule has 0 aliphatic heterocycles. The van der Waals surface area contributed by atoms with Gasteiger partial charge in [-0.25, -0.2) is 29.9 Å². The van der Waals surface area contributed by atoms with Crippen molar-refractivity contribution in [1.82, 2.24) is 29.9 Å². The molecule has 0 amide bonds. The zero-order valence-corrected chi connectivity index (χ0v) is 30.4. The van der Waals surface area contributed by atoms with E-state index in [0.717, 1.165) is 44.5 Å². The van der Waals surface area contributed by atoms with Gasteiger partial charge < -0.3 is 4.74 Å². The van der Waals surface area contributed by atoms with Crippen molar-refractivity contribution >= 4 is 0 Å². The summed E-state index contributed by atoms with van der Waals surface area (Å²) in [6.45, 7) is 0. The molecule has 0 fully saturated rings. The molecule has 0 bridgehead atoms. The molecular weight excluding hydrogens is 703 g/mol. The summed E-state index contributed by atoms with van der Waals surface area (Å²) < 4.78 is 6.37. The van der Waals surface area contributed by atoms with Gasteiger partial charge in [-0.2, -0.15) is 5.26 Å². The Morgan fingerprint density at radius 1 is 0.316 bits per heavy atom. The van der Waals surface area contributed by atoms with E-state index in [2.05, 4.69) is 6.07 Å². The first-order valence-corrected chi connectivity index (χ1v) is 18.3. The topological polar surface area (TPSA) is 110 Å². The van der Waals surface area contributed by atoms with Gasteiger partial charge in [0.25, 0.3) is 0 Å². The fourth-order valence-electron chi connectivity index (χ4n) is 6.43. The first kappa shape index (κ1) is 34.6. The minimum Gasteiger partial charge on any atom is -0.457 e. The van der Waals surface area contributed by atoms with Gasteiger partial charge in [0.2, 0.25) is 0 Å². The van der Waals surface area contributed by atoms with Crippen LogP contribution in [0.3, 0.4) is 0 Å². The summed E-state index contributed by atoms with van der Waals surface area (Å²) in [6.07, 6.45) is 0. The standard InChI is InChI=1S/C49H31N7O/c50-32-40-19-10-11-22-43(40)33-23-25-37(26-24-33)47-52-44(34-13-4-1-5-14-34)53-48(54-47)38-27-29-41(30-28-38)57-42-21-12-20-39(31-42)49-55-45(35-15-6-2-7-16-35)51-46(56-49)36-17-8-3-9-18-36/h1-31H. The fourth-order valence-corrected chi connectivity index (χ4v) is 6.43. The Kier molecular flexibility index (Phi) is 9.52. The highest BCUT2D eigenvalue weighted by atomic mass is 16.5. The van der Waals surface area contributed by atoms with Gasteiger partial charge >= 0.3 is 0 Å². The zero-order valence-electron chi connectivity index (χ0n) is 30.4. The van der Waals surface area contributed by atoms with E-state index in [1.54, 1.807) is 0 Å². The van der Waals surface area contributed by atoms with E-state index < -0.39 is 0 Å². The van der Waals surface area contributed by atoms with E-state index in [1.165, 1.54) is 0 Å². The third-order valence-electron chi connectivity index (χ3n) is 9.31. The van der Waals surface area contributed by atoms with Crippen LogP contribution in [0.1, 0.15) is 5.56 Å². The Labute approximate surface area is 329 Å². The van der Waals surface area contributed by atoms with Crippen LogP contribution in [0.25, 0.3) is 79.5 Å². The Morgan fingerprint density at radius 2 is 0.684 bits per heavy atom. The van der Waals surface area contributed by atoms with Crippen molar-refractivity contribution in [2.45, 2.75) is 0 Å². The summed E-state index contributed by atoms with van der Waals surface area (Å²) in [5, 5.41) is 9.63. The number of rotatable bonds is 9. The van der Waals surface area contributed by atoms with Gasteiger partial charge in [0.05, 0.1) is 11.6 Å². The molecule has 8 nitrogen and oxygen atoms in total. The second kappa shape index (κ2) is 15.7. The minimum absolute atomic E-state index is 0.532. The predicted molar refractivity (Wildman–Crippen MR) is 222 cm³/mol. The Morgan fingerprint density at radius 3 is 1.16 bits per heavy atom. The molecule has 0 aliphatic rings. The van der Waals surface area contributed by atoms with Crippen molar-refractivity contribution in [1.29, 1.82) is 5.26 Å². The van der Waals surface area contributed by atoms with Crippen molar-refractivity contribution in [3.8, 4) is 97.0 Å². The summed E-state index contributed by atoms with van der Waals surface area (Å²) in [5.41, 5.74) is 7.57. The molecule has 2 heterocycles. The lowest BCUT2D eigenvalue weighted by atomic mass is 9.99. The van der Waals surface area contributed by atoms with Crippen molar-refractivity contribution in [2.75, 3.05) is 0 Å². The Hall–Kier alpha value is -8.15. The molecule has 9 aromatic rings. The first-order valence-electron chi connectivity index (χ1n) is 18.3. The monoisotopic (exact) mass is 733 g/mol. The maximum absolute atomic E-state index is 9.63. The second-order valence-corrected chi connectivity index (χ2v) is 13.1. The highest BCUT2D eigenvalue weighted by molar-refractivity contribution is 5.74. The first-order chi connectivity index (χ1) is 28.2. The van der Waals surface area contributed by atoms with Crippen LogP contribution in [0, 0.1) is 11.3 Å². The van der Waals surface area contributed by atoms with E-state index in [9.17, 15) is 5.26 Å². The summed E-state index contributed by atoms with van der Waals surface area (Å²) in [4.78, 5) is 29.2. The molecule has 0 radical (unpaired) electrons. The summed E-state index contributed by atoms with van der Waals surface area (Å²) in [7, 11) is 0. The largest absolute Gasteiger partial charge is 0.457 e. The van der Waals surface area contributed by atoms with Gasteiger partial charge in [-0.1, -0.05) is 146 Å². The average molecular weight is 734 g/mol. The van der Waals surface area contributed by atoms with Crippen LogP contribution < -0.4 is 4.74 Å². The molecule has 0 spiro atoms. The number of nitrogens with zero attached hydrogens (tertiary/aromatic N) is 7. The zero-order chi connectivity index (χ0) is 38.4. The second-order valence-electron chi connectivity index (χ2n) is 13.1. The van der Waals surface area contributed by atoms with Crippen LogP contribution in [0.2, 0.25) is 0 Å². The highest BCUT2D eigenvalue weighted by Gasteiger charge is 2.15. The van der Waals surface area contributed by atoms with Crippen molar-refractivity contribution < 1.29 is 4.74 Å². The fraction of sp³-hybridized carbons (Fsp3) is 0. The summed E-state index contributed by atoms with van der Waals surface area (Å²) in [5.74, 6) is 4.66. The lowest BCUT2D eigenvalue weighted by molar-refractivity contribution is 0.483. The molecule has 8 heteroatoms. The molecule has 2 aromatic heterocycles. The van der Waals surface area contributed by atoms with Crippen LogP contribution in [0.15, 0.2) is 188 Å². The van der Waals surface area contributed by atoms with Crippen LogP contribution in [-0.4, -0.2) is 29.9 Å². The Bertz CT molecular complexity index is 2800. The van der Waals surface area contributed by atoms with Crippen LogP contribution in [0.4, 0.5) is 0 Å². The normalized spacial score (nSPS) is 10.8. The molecule has 9 rings (SSSR count). The number of hydrogen-bond acceptors (Lipinski definition) is 8. The van der Waals surface area contributed by atoms with E-state index in [1.807, 2.05) is 188 Å². The highest BCUT2D eigenvalue weighted by Crippen LogP contribution is 2.32. The van der Waals surface area contributed by atoms with Gasteiger partial charge in [0, 0.05) is 33.4 Å². The maximum atomic E-state index is 9.63. The van der Waals surface area contributed by atoms with E-state index in [-0.39, 0.29) is 0 Å². The van der Waals surface area contributed by atoms with E-state index in [4.69, 9.17) is 34.6 Å². The predicted octanol–water partition coefficient (Wildman–Crippen LogP) is 11.4. The van der Waals surface area contributed by atoms with Gasteiger partial charge in [-0.05, 0) is 53.6 Å². The number of aromatic nitrogens is 6. The van der Waals surface area contributed by atoms with E-state index in [0.29, 0.717) is 52.0 Å². The van der Waals surface area contributed by atoms with E-state index >= 15 is 0 Å². The smallest absolute Gasteiger partial charge is 0.164 e. The van der Waals surface area contributed by atoms with Crippen LogP contribution >= 0.6 is 0 Å². The number of hydrogen-bond donors (Lipinski definition) is 0. The quantitative estimate of drug-likeness (QED) is 0.144. The van der Waals surface area contributed by atoms with Crippen LogP contribution in [-0.2, 0) is 0 Å². The molecule has 0 N–H and O–H groups in total. The Balaban J connectivity index is 1.01. The SMILES string of the molecule is N#Cc1ccccc1-c1ccc(-c2nc(-c3ccccc3)nc(-c3ccc(Oc4cccc(-c5nc(-c6ccccc6)nc(-c6ccccc6)n5)c4)cc3)n2)cc1. The summed E-state index contributed by atoms with van der Waals surface area (Å²) in [6, 6.07) is 62.9. The van der Waals surface area contributed by atoms with Gasteiger partial charge in [0.15, 0.2) is 34.9 Å². The average Bonchev–Trinajstić information content (AvgIpc) is 3.30. The van der Waals surface area contributed by atoms with Gasteiger partial charge in [-0.3, -0.25) is 0 Å². The van der Waals surface area contributed by atoms with Crippen LogP contribution in [0.5, 0.6) is 11.5 Å². The molecule has 0 unspecified atom stereocenters. The number of benzene rings is 7. The maximum Gasteiger partial charge on any atom is 0.164 e. The molecule has 268 valence electrons. The lowest BCUT2D eigenvalue weighted by Crippen LogP contribution is -2.00. The van der Waals surface area contributed by atoms with Gasteiger partial charge in [-0.15, -0.1) is 0 Å². The molecule has 57 heavy (non-hydrogen) atoms. The molecule has 0 saturated carbocycles. The number of nitriles is 1. The molecular formula is C49H31N7O. The van der Waals surface area contributed by atoms with Crippen molar-refractivity contribution in [2.24, 2.45) is 0 Å². The minimum atomic E-state index is 0.532. The number of ether oxygens (including phenoxy) is 1. The molecule has 0 aliphatic carbocycles. The van der Waals surface area contributed by atoms with Crippen molar-refractivity contribution in [3.63, 3.8) is 0 Å². The van der Waals surface area contributed by atoms with Gasteiger partial charge in [0.1, 0.15) is 11.5 Å². The lowest BCUT2D eigenvalue weighted by Gasteiger charge is -2.11. The third kappa shape index (κ3) is 7.63. The van der Waals surface area contributed by atoms with Crippen molar-refractivity contribution in [3.05, 3.63) is 194 Å². The summed E-state index contributed by atoms with van der Waals surface area (Å²) >= 11 is 0. The molecule has 0 atom stereocenters. The third-order valence-corrected chi connectivity index (χ3v) is 9.31. The molecule has 7 aromatic carbocycles.